The molecule has 0 aliphatic carbocycles. The average Bonchev–Trinajstić information content (AvgIpc) is 2.99. The summed E-state index contributed by atoms with van der Waals surface area (Å²) in [7, 11) is 1.64. The molecule has 3 rings (SSSR count). The Bertz CT molecular complexity index is 814. The number of benzene rings is 1. The Hall–Kier alpha value is -2.31. The van der Waals surface area contributed by atoms with Crippen molar-refractivity contribution in [1.29, 1.82) is 0 Å². The number of ether oxygens (including phenoxy) is 1. The van der Waals surface area contributed by atoms with E-state index in [-0.39, 0.29) is 0 Å². The number of anilines is 1. The lowest BCUT2D eigenvalue weighted by Crippen LogP contribution is -2.06. The van der Waals surface area contributed by atoms with Crippen molar-refractivity contribution in [2.75, 3.05) is 12.4 Å². The lowest BCUT2D eigenvalue weighted by atomic mass is 10.1. The predicted octanol–water partition coefficient (Wildman–Crippen LogP) is 3.98. The van der Waals surface area contributed by atoms with Crippen LogP contribution < -0.4 is 5.32 Å². The smallest absolute Gasteiger partial charge is 0.156 e. The van der Waals surface area contributed by atoms with Crippen LogP contribution in [0.4, 0.5) is 5.82 Å². The molecule has 0 spiro atoms. The minimum atomic E-state index is 0.416. The van der Waals surface area contributed by atoms with Gasteiger partial charge in [-0.3, -0.25) is 0 Å². The van der Waals surface area contributed by atoms with Gasteiger partial charge in [0.1, 0.15) is 12.4 Å². The third kappa shape index (κ3) is 3.96. The molecule has 0 saturated heterocycles. The molecule has 3 aromatic rings. The van der Waals surface area contributed by atoms with E-state index in [1.54, 1.807) is 18.4 Å². The van der Waals surface area contributed by atoms with E-state index in [0.717, 1.165) is 17.2 Å². The van der Waals surface area contributed by atoms with Gasteiger partial charge in [-0.15, -0.1) is 11.3 Å². The van der Waals surface area contributed by atoms with Crippen LogP contribution >= 0.6 is 11.3 Å². The summed E-state index contributed by atoms with van der Waals surface area (Å²) in [4.78, 5) is 14.3. The van der Waals surface area contributed by atoms with Gasteiger partial charge in [0.15, 0.2) is 5.82 Å². The summed E-state index contributed by atoms with van der Waals surface area (Å²) in [5.41, 5.74) is 6.29. The highest BCUT2D eigenvalue weighted by Crippen LogP contribution is 2.27. The molecule has 0 bridgehead atoms. The lowest BCUT2D eigenvalue weighted by Gasteiger charge is -2.09. The molecule has 24 heavy (non-hydrogen) atoms. The summed E-state index contributed by atoms with van der Waals surface area (Å²) >= 11 is 1.67. The molecule has 0 fully saturated rings. The largest absolute Gasteiger partial charge is 0.377 e. The van der Waals surface area contributed by atoms with Gasteiger partial charge in [0.2, 0.25) is 0 Å². The van der Waals surface area contributed by atoms with E-state index >= 15 is 0 Å². The number of nitrogens with zero attached hydrogens (tertiary/aromatic N) is 3. The highest BCUT2D eigenvalue weighted by molar-refractivity contribution is 7.13. The molecule has 0 aliphatic rings. The molecular weight excluding hydrogens is 320 g/mol. The fourth-order valence-electron chi connectivity index (χ4n) is 2.46. The highest BCUT2D eigenvalue weighted by Gasteiger charge is 2.05. The number of hydrogen-bond acceptors (Lipinski definition) is 6. The van der Waals surface area contributed by atoms with Crippen LogP contribution in [-0.4, -0.2) is 22.1 Å². The first-order valence-corrected chi connectivity index (χ1v) is 8.60. The van der Waals surface area contributed by atoms with Gasteiger partial charge in [-0.1, -0.05) is 24.3 Å². The summed E-state index contributed by atoms with van der Waals surface area (Å²) < 4.78 is 5.10. The molecule has 0 unspecified atom stereocenters. The number of rotatable bonds is 6. The predicted molar refractivity (Wildman–Crippen MR) is 97.1 cm³/mol. The molecular formula is C18H20N4OS. The Balaban J connectivity index is 1.68. The summed E-state index contributed by atoms with van der Waals surface area (Å²) in [6, 6.07) is 10.5. The molecule has 5 nitrogen and oxygen atoms in total. The Morgan fingerprint density at radius 3 is 2.58 bits per heavy atom. The third-order valence-electron chi connectivity index (χ3n) is 3.61. The number of methoxy groups -OCH3 is 1. The lowest BCUT2D eigenvalue weighted by molar-refractivity contribution is 0.177. The normalized spacial score (nSPS) is 10.8. The second-order valence-corrected chi connectivity index (χ2v) is 6.42. The quantitative estimate of drug-likeness (QED) is 0.735. The zero-order valence-corrected chi connectivity index (χ0v) is 14.9. The first-order valence-electron chi connectivity index (χ1n) is 7.72. The van der Waals surface area contributed by atoms with Crippen molar-refractivity contribution in [3.63, 3.8) is 0 Å². The molecule has 124 valence electrons. The van der Waals surface area contributed by atoms with E-state index in [1.165, 1.54) is 16.0 Å². The fourth-order valence-corrected chi connectivity index (χ4v) is 3.27. The van der Waals surface area contributed by atoms with E-state index in [0.29, 0.717) is 19.0 Å². The van der Waals surface area contributed by atoms with E-state index in [9.17, 15) is 0 Å². The molecule has 0 radical (unpaired) electrons. The molecule has 1 aromatic carbocycles. The summed E-state index contributed by atoms with van der Waals surface area (Å²) in [6.45, 7) is 5.12. The standard InChI is InChI=1S/C18H20N4OS/c1-12-8-16(22-17(21-12)10-23-3)19-9-14-4-6-15(7-5-14)18-13(2)20-11-24-18/h4-8,11H,9-10H2,1-3H3,(H,19,21,22). The van der Waals surface area contributed by atoms with Crippen LogP contribution in [-0.2, 0) is 17.9 Å². The summed E-state index contributed by atoms with van der Waals surface area (Å²) in [5.74, 6) is 1.51. The monoisotopic (exact) mass is 340 g/mol. The molecule has 0 aliphatic heterocycles. The fraction of sp³-hybridized carbons (Fsp3) is 0.278. The number of hydrogen-bond donors (Lipinski definition) is 1. The van der Waals surface area contributed by atoms with Crippen molar-refractivity contribution in [3.05, 3.63) is 58.6 Å². The number of aromatic nitrogens is 3. The maximum atomic E-state index is 5.10. The molecule has 2 heterocycles. The molecule has 0 atom stereocenters. The molecule has 6 heteroatoms. The van der Waals surface area contributed by atoms with E-state index in [2.05, 4.69) is 44.5 Å². The van der Waals surface area contributed by atoms with Crippen molar-refractivity contribution in [2.45, 2.75) is 27.0 Å². The van der Waals surface area contributed by atoms with Gasteiger partial charge in [0, 0.05) is 25.4 Å². The molecule has 1 N–H and O–H groups in total. The van der Waals surface area contributed by atoms with Crippen molar-refractivity contribution in [1.82, 2.24) is 15.0 Å². The maximum Gasteiger partial charge on any atom is 0.156 e. The van der Waals surface area contributed by atoms with E-state index in [4.69, 9.17) is 4.74 Å². The Morgan fingerprint density at radius 2 is 1.92 bits per heavy atom. The van der Waals surface area contributed by atoms with Crippen molar-refractivity contribution < 1.29 is 4.74 Å². The van der Waals surface area contributed by atoms with Gasteiger partial charge in [0.25, 0.3) is 0 Å². The van der Waals surface area contributed by atoms with Crippen LogP contribution in [0.2, 0.25) is 0 Å². The van der Waals surface area contributed by atoms with Gasteiger partial charge >= 0.3 is 0 Å². The number of thiazole rings is 1. The van der Waals surface area contributed by atoms with Gasteiger partial charge in [0.05, 0.1) is 16.1 Å². The minimum Gasteiger partial charge on any atom is -0.377 e. The number of nitrogens with one attached hydrogen (secondary N) is 1. The third-order valence-corrected chi connectivity index (χ3v) is 4.59. The molecule has 2 aromatic heterocycles. The van der Waals surface area contributed by atoms with Gasteiger partial charge in [-0.25, -0.2) is 15.0 Å². The zero-order valence-electron chi connectivity index (χ0n) is 14.0. The second kappa shape index (κ2) is 7.51. The van der Waals surface area contributed by atoms with Crippen molar-refractivity contribution in [2.24, 2.45) is 0 Å². The summed E-state index contributed by atoms with van der Waals surface area (Å²) in [5, 5.41) is 3.35. The Morgan fingerprint density at radius 1 is 1.12 bits per heavy atom. The minimum absolute atomic E-state index is 0.416. The molecule has 0 saturated carbocycles. The topological polar surface area (TPSA) is 59.9 Å². The second-order valence-electron chi connectivity index (χ2n) is 5.56. The van der Waals surface area contributed by atoms with Crippen LogP contribution in [0.5, 0.6) is 0 Å². The first kappa shape index (κ1) is 16.5. The van der Waals surface area contributed by atoms with E-state index in [1.807, 2.05) is 25.4 Å². The highest BCUT2D eigenvalue weighted by atomic mass is 32.1. The van der Waals surface area contributed by atoms with Crippen LogP contribution in [0.3, 0.4) is 0 Å². The van der Waals surface area contributed by atoms with Crippen LogP contribution in [0.1, 0.15) is 22.8 Å². The van der Waals surface area contributed by atoms with Gasteiger partial charge < -0.3 is 10.1 Å². The van der Waals surface area contributed by atoms with Gasteiger partial charge in [-0.2, -0.15) is 0 Å². The van der Waals surface area contributed by atoms with Crippen molar-refractivity contribution >= 4 is 17.2 Å². The zero-order chi connectivity index (χ0) is 16.9. The van der Waals surface area contributed by atoms with Crippen LogP contribution in [0, 0.1) is 13.8 Å². The van der Waals surface area contributed by atoms with Gasteiger partial charge in [-0.05, 0) is 25.0 Å². The average molecular weight is 340 g/mol. The van der Waals surface area contributed by atoms with E-state index < -0.39 is 0 Å². The van der Waals surface area contributed by atoms with Crippen LogP contribution in [0.25, 0.3) is 10.4 Å². The SMILES string of the molecule is COCc1nc(C)cc(NCc2ccc(-c3scnc3C)cc2)n1. The van der Waals surface area contributed by atoms with Crippen LogP contribution in [0.15, 0.2) is 35.8 Å². The molecule has 0 amide bonds. The first-order chi connectivity index (χ1) is 11.7. The van der Waals surface area contributed by atoms with Crippen molar-refractivity contribution in [3.8, 4) is 10.4 Å². The summed E-state index contributed by atoms with van der Waals surface area (Å²) in [6.07, 6.45) is 0. The Labute approximate surface area is 145 Å². The maximum absolute atomic E-state index is 5.10. The number of aryl methyl sites for hydroxylation is 2. The Kier molecular flexibility index (Phi) is 5.17.